The van der Waals surface area contributed by atoms with Gasteiger partial charge in [0.05, 0.1) is 11.4 Å². The molecule has 8 aromatic carbocycles. The molecular weight excluding hydrogens is 703 g/mol. The van der Waals surface area contributed by atoms with E-state index in [9.17, 15) is 0 Å². The predicted octanol–water partition coefficient (Wildman–Crippen LogP) is 16.0. The highest BCUT2D eigenvalue weighted by molar-refractivity contribution is 6.15. The van der Waals surface area contributed by atoms with Crippen LogP contribution in [0, 0.1) is 0 Å². The minimum absolute atomic E-state index is 0.113. The van der Waals surface area contributed by atoms with Gasteiger partial charge in [-0.1, -0.05) is 156 Å². The molecule has 1 fully saturated rings. The van der Waals surface area contributed by atoms with E-state index >= 15 is 0 Å². The van der Waals surface area contributed by atoms with Crippen LogP contribution >= 0.6 is 0 Å². The van der Waals surface area contributed by atoms with E-state index in [1.807, 2.05) is 0 Å². The van der Waals surface area contributed by atoms with Gasteiger partial charge in [-0.15, -0.1) is 0 Å². The molecule has 0 N–H and O–H groups in total. The van der Waals surface area contributed by atoms with Crippen molar-refractivity contribution in [3.8, 4) is 22.3 Å². The highest BCUT2D eigenvalue weighted by Gasteiger charge is 2.43. The third-order valence-corrected chi connectivity index (χ3v) is 14.4. The van der Waals surface area contributed by atoms with Crippen LogP contribution in [0.5, 0.6) is 0 Å². The molecule has 2 nitrogen and oxygen atoms in total. The normalized spacial score (nSPS) is 16.5. The van der Waals surface area contributed by atoms with E-state index in [1.54, 1.807) is 0 Å². The number of nitrogens with zero attached hydrogens (tertiary/aromatic N) is 1. The number of rotatable bonds is 4. The lowest BCUT2D eigenvalue weighted by Gasteiger charge is -2.29. The van der Waals surface area contributed by atoms with Gasteiger partial charge in [0.1, 0.15) is 5.58 Å². The van der Waals surface area contributed by atoms with E-state index in [2.05, 4.69) is 178 Å². The molecule has 9 aromatic rings. The van der Waals surface area contributed by atoms with Gasteiger partial charge in [-0.2, -0.15) is 0 Å². The van der Waals surface area contributed by atoms with Crippen molar-refractivity contribution in [2.75, 3.05) is 4.90 Å². The maximum atomic E-state index is 7.17. The Morgan fingerprint density at radius 1 is 0.466 bits per heavy atom. The zero-order valence-corrected chi connectivity index (χ0v) is 33.8. The van der Waals surface area contributed by atoms with Gasteiger partial charge in [0.2, 0.25) is 0 Å². The molecular formula is C56H47NO. The summed E-state index contributed by atoms with van der Waals surface area (Å²) < 4.78 is 7.17. The van der Waals surface area contributed by atoms with Gasteiger partial charge in [-0.05, 0) is 121 Å². The standard InChI is InChI=1S/C56H47NO/c1-55(2)45-30-29-35-19-11-12-22-37(35)51(45)43-31-47-44(32-46(43)55)52-40-24-14-13-23-39(40)50(33-48(52)56(47,3)4)57(36-20-9-6-10-21-36)49-28-16-27-42-41-26-15-25-38(53(41)58-54(42)49)34-17-7-5-8-18-34/h6,9-16,19-34H,5,7-8,17-18H2,1-4H3. The number of fused-ring (bicyclic) bond motifs is 13. The molecule has 0 radical (unpaired) electrons. The maximum Gasteiger partial charge on any atom is 0.159 e. The van der Waals surface area contributed by atoms with E-state index in [0.717, 1.165) is 22.5 Å². The van der Waals surface area contributed by atoms with Crippen LogP contribution in [0.1, 0.15) is 93.5 Å². The summed E-state index contributed by atoms with van der Waals surface area (Å²) in [5.41, 5.74) is 17.5. The lowest BCUT2D eigenvalue weighted by atomic mass is 9.79. The second-order valence-corrected chi connectivity index (χ2v) is 18.3. The lowest BCUT2D eigenvalue weighted by Crippen LogP contribution is -2.18. The largest absolute Gasteiger partial charge is 0.454 e. The highest BCUT2D eigenvalue weighted by Crippen LogP contribution is 2.60. The molecule has 0 unspecified atom stereocenters. The fraction of sp³-hybridized carbons (Fsp3) is 0.214. The number of benzene rings is 8. The summed E-state index contributed by atoms with van der Waals surface area (Å²) in [5, 5.41) is 7.56. The van der Waals surface area contributed by atoms with Crippen LogP contribution in [0.25, 0.3) is 65.7 Å². The molecule has 1 aromatic heterocycles. The van der Waals surface area contributed by atoms with Gasteiger partial charge in [0.25, 0.3) is 0 Å². The molecule has 1 saturated carbocycles. The summed E-state index contributed by atoms with van der Waals surface area (Å²) in [6.45, 7) is 9.70. The third kappa shape index (κ3) is 4.60. The average molecular weight is 750 g/mol. The topological polar surface area (TPSA) is 16.4 Å². The maximum absolute atomic E-state index is 7.17. The van der Waals surface area contributed by atoms with Gasteiger partial charge in [0.15, 0.2) is 5.58 Å². The first kappa shape index (κ1) is 34.0. The van der Waals surface area contributed by atoms with Crippen molar-refractivity contribution in [2.45, 2.75) is 76.5 Å². The molecule has 0 bridgehead atoms. The Labute approximate surface area is 340 Å². The van der Waals surface area contributed by atoms with Crippen LogP contribution in [-0.2, 0) is 10.8 Å². The fourth-order valence-electron chi connectivity index (χ4n) is 11.5. The van der Waals surface area contributed by atoms with Gasteiger partial charge in [-0.3, -0.25) is 0 Å². The fourth-order valence-corrected chi connectivity index (χ4v) is 11.5. The number of hydrogen-bond donors (Lipinski definition) is 0. The average Bonchev–Trinajstić information content (AvgIpc) is 3.84. The molecule has 0 saturated heterocycles. The molecule has 58 heavy (non-hydrogen) atoms. The van der Waals surface area contributed by atoms with Crippen molar-refractivity contribution in [3.63, 3.8) is 0 Å². The van der Waals surface area contributed by atoms with E-state index in [1.165, 1.54) is 120 Å². The van der Waals surface area contributed by atoms with Crippen LogP contribution in [-0.4, -0.2) is 0 Å². The van der Waals surface area contributed by atoms with Crippen LogP contribution in [0.4, 0.5) is 17.1 Å². The van der Waals surface area contributed by atoms with Crippen molar-refractivity contribution in [2.24, 2.45) is 0 Å². The molecule has 3 aliphatic carbocycles. The van der Waals surface area contributed by atoms with Gasteiger partial charge < -0.3 is 9.32 Å². The zero-order chi connectivity index (χ0) is 38.9. The van der Waals surface area contributed by atoms with E-state index < -0.39 is 0 Å². The molecule has 0 atom stereocenters. The summed E-state index contributed by atoms with van der Waals surface area (Å²) >= 11 is 0. The summed E-state index contributed by atoms with van der Waals surface area (Å²) in [6.07, 6.45) is 6.41. The minimum atomic E-state index is -0.238. The molecule has 2 heteroatoms. The van der Waals surface area contributed by atoms with Gasteiger partial charge in [0, 0.05) is 32.7 Å². The molecule has 12 rings (SSSR count). The van der Waals surface area contributed by atoms with E-state index in [-0.39, 0.29) is 10.8 Å². The SMILES string of the molecule is CC1(C)c2cc3c(cc2-c2c1ccc1ccccc21)C(C)(C)c1cc(N(c2ccccc2)c2cccc4c2oc2c(C5CCCCC5)cccc24)c2ccccc2c1-3. The molecule has 0 amide bonds. The Balaban J connectivity index is 1.10. The lowest BCUT2D eigenvalue weighted by molar-refractivity contribution is 0.442. The number of para-hydroxylation sites is 3. The van der Waals surface area contributed by atoms with Crippen molar-refractivity contribution < 1.29 is 4.42 Å². The second-order valence-electron chi connectivity index (χ2n) is 18.3. The Bertz CT molecular complexity index is 3160. The summed E-state index contributed by atoms with van der Waals surface area (Å²) in [6, 6.07) is 54.8. The summed E-state index contributed by atoms with van der Waals surface area (Å²) in [7, 11) is 0. The van der Waals surface area contributed by atoms with Crippen LogP contribution in [0.15, 0.2) is 150 Å². The van der Waals surface area contributed by atoms with Gasteiger partial charge >= 0.3 is 0 Å². The third-order valence-electron chi connectivity index (χ3n) is 14.4. The van der Waals surface area contributed by atoms with E-state index in [0.29, 0.717) is 5.92 Å². The van der Waals surface area contributed by atoms with Crippen molar-refractivity contribution >= 4 is 60.5 Å². The molecule has 282 valence electrons. The van der Waals surface area contributed by atoms with E-state index in [4.69, 9.17) is 4.42 Å². The first-order valence-electron chi connectivity index (χ1n) is 21.4. The van der Waals surface area contributed by atoms with Crippen molar-refractivity contribution in [3.05, 3.63) is 173 Å². The Morgan fingerprint density at radius 2 is 1.07 bits per heavy atom. The van der Waals surface area contributed by atoms with Crippen LogP contribution in [0.3, 0.4) is 0 Å². The monoisotopic (exact) mass is 749 g/mol. The zero-order valence-electron chi connectivity index (χ0n) is 33.8. The predicted molar refractivity (Wildman–Crippen MR) is 244 cm³/mol. The summed E-state index contributed by atoms with van der Waals surface area (Å²) in [5.74, 6) is 0.551. The quantitative estimate of drug-likeness (QED) is 0.178. The van der Waals surface area contributed by atoms with Crippen LogP contribution < -0.4 is 4.90 Å². The Kier molecular flexibility index (Phi) is 7.14. The van der Waals surface area contributed by atoms with Crippen molar-refractivity contribution in [1.82, 2.24) is 0 Å². The Hall–Kier alpha value is -6.12. The Morgan fingerprint density at radius 3 is 1.83 bits per heavy atom. The first-order valence-corrected chi connectivity index (χ1v) is 21.4. The summed E-state index contributed by atoms with van der Waals surface area (Å²) in [4.78, 5) is 2.47. The molecule has 0 spiro atoms. The molecule has 3 aliphatic rings. The second kappa shape index (κ2) is 12.2. The minimum Gasteiger partial charge on any atom is -0.454 e. The number of hydrogen-bond acceptors (Lipinski definition) is 2. The number of furan rings is 1. The first-order chi connectivity index (χ1) is 28.3. The highest BCUT2D eigenvalue weighted by atomic mass is 16.3. The molecule has 0 aliphatic heterocycles. The smallest absolute Gasteiger partial charge is 0.159 e. The van der Waals surface area contributed by atoms with Crippen LogP contribution in [0.2, 0.25) is 0 Å². The van der Waals surface area contributed by atoms with Gasteiger partial charge in [-0.25, -0.2) is 0 Å². The van der Waals surface area contributed by atoms with Crippen molar-refractivity contribution in [1.29, 1.82) is 0 Å². The molecule has 1 heterocycles. The number of anilines is 3.